The summed E-state index contributed by atoms with van der Waals surface area (Å²) in [5.41, 5.74) is 0. The van der Waals surface area contributed by atoms with Gasteiger partial charge in [0.1, 0.15) is 6.61 Å². The molecule has 0 unspecified atom stereocenters. The summed E-state index contributed by atoms with van der Waals surface area (Å²) in [7, 11) is 0. The largest absolute Gasteiger partial charge is 0.462 e. The minimum absolute atomic E-state index is 0.251. The van der Waals surface area contributed by atoms with Crippen molar-refractivity contribution in [3.63, 3.8) is 0 Å². The summed E-state index contributed by atoms with van der Waals surface area (Å²) < 4.78 is 8.88. The van der Waals surface area contributed by atoms with Gasteiger partial charge in [-0.25, -0.2) is 0 Å². The van der Waals surface area contributed by atoms with Gasteiger partial charge in [-0.3, -0.25) is 4.79 Å². The summed E-state index contributed by atoms with van der Waals surface area (Å²) in [5.74, 6) is -0.297. The van der Waals surface area contributed by atoms with Crippen molar-refractivity contribution in [2.45, 2.75) is 6.92 Å². The van der Waals surface area contributed by atoms with Gasteiger partial charge in [0.25, 0.3) is 0 Å². The van der Waals surface area contributed by atoms with Crippen molar-refractivity contribution in [2.75, 3.05) is 6.61 Å². The molecular formula is C5H7BrO3. The molecule has 0 N–H and O–H groups in total. The summed E-state index contributed by atoms with van der Waals surface area (Å²) in [6, 6.07) is 0. The molecule has 0 bridgehead atoms. The quantitative estimate of drug-likeness (QED) is 0.504. The lowest BCUT2D eigenvalue weighted by Crippen LogP contribution is -1.97. The van der Waals surface area contributed by atoms with Crippen LogP contribution in [0.5, 0.6) is 0 Å². The van der Waals surface area contributed by atoms with Gasteiger partial charge in [-0.15, -0.1) is 0 Å². The molecular weight excluding hydrogens is 188 g/mol. The SMILES string of the molecule is CC(=O)OCC=COBr. The minimum Gasteiger partial charge on any atom is -0.462 e. The molecule has 0 rings (SSSR count). The molecule has 4 heteroatoms. The topological polar surface area (TPSA) is 35.5 Å². The predicted molar refractivity (Wildman–Crippen MR) is 35.8 cm³/mol. The van der Waals surface area contributed by atoms with E-state index >= 15 is 0 Å². The lowest BCUT2D eigenvalue weighted by atomic mass is 10.7. The zero-order valence-electron chi connectivity index (χ0n) is 4.96. The van der Waals surface area contributed by atoms with Crippen molar-refractivity contribution in [2.24, 2.45) is 0 Å². The Hall–Kier alpha value is -0.510. The third-order valence-electron chi connectivity index (χ3n) is 0.530. The van der Waals surface area contributed by atoms with Gasteiger partial charge in [0.2, 0.25) is 0 Å². The Labute approximate surface area is 62.1 Å². The molecule has 0 saturated heterocycles. The van der Waals surface area contributed by atoms with Crippen LogP contribution < -0.4 is 0 Å². The van der Waals surface area contributed by atoms with Gasteiger partial charge in [-0.05, 0) is 6.08 Å². The number of ether oxygens (including phenoxy) is 1. The highest BCUT2D eigenvalue weighted by Gasteiger charge is 1.85. The van der Waals surface area contributed by atoms with E-state index in [1.54, 1.807) is 6.08 Å². The van der Waals surface area contributed by atoms with E-state index in [0.29, 0.717) is 0 Å². The van der Waals surface area contributed by atoms with Gasteiger partial charge in [0.15, 0.2) is 16.3 Å². The van der Waals surface area contributed by atoms with E-state index in [2.05, 4.69) is 24.8 Å². The van der Waals surface area contributed by atoms with Crippen LogP contribution >= 0.6 is 16.3 Å². The monoisotopic (exact) mass is 194 g/mol. The zero-order valence-corrected chi connectivity index (χ0v) is 6.55. The Bertz CT molecular complexity index is 111. The van der Waals surface area contributed by atoms with Gasteiger partial charge in [0, 0.05) is 6.92 Å². The second kappa shape index (κ2) is 5.62. The number of carbonyl (C=O) groups excluding carboxylic acids is 1. The smallest absolute Gasteiger partial charge is 0.302 e. The maximum absolute atomic E-state index is 10.1. The van der Waals surface area contributed by atoms with E-state index in [0.717, 1.165) is 0 Å². The zero-order chi connectivity index (χ0) is 7.11. The van der Waals surface area contributed by atoms with Crippen molar-refractivity contribution >= 4 is 22.2 Å². The Morgan fingerprint density at radius 1 is 1.78 bits per heavy atom. The Morgan fingerprint density at radius 3 is 2.89 bits per heavy atom. The molecule has 0 spiro atoms. The first-order valence-corrected chi connectivity index (χ1v) is 2.98. The summed E-state index contributed by atoms with van der Waals surface area (Å²) in [6.45, 7) is 1.60. The van der Waals surface area contributed by atoms with E-state index in [-0.39, 0.29) is 12.6 Å². The van der Waals surface area contributed by atoms with Crippen molar-refractivity contribution in [3.8, 4) is 0 Å². The maximum Gasteiger partial charge on any atom is 0.302 e. The molecule has 0 aromatic heterocycles. The van der Waals surface area contributed by atoms with Crippen LogP contribution in [0.1, 0.15) is 6.92 Å². The molecule has 9 heavy (non-hydrogen) atoms. The highest BCUT2D eigenvalue weighted by molar-refractivity contribution is 9.06. The lowest BCUT2D eigenvalue weighted by molar-refractivity contribution is -0.139. The first kappa shape index (κ1) is 8.49. The molecule has 0 aliphatic carbocycles. The van der Waals surface area contributed by atoms with E-state index in [9.17, 15) is 4.79 Å². The lowest BCUT2D eigenvalue weighted by Gasteiger charge is -1.92. The predicted octanol–water partition coefficient (Wildman–Crippen LogP) is 1.39. The van der Waals surface area contributed by atoms with E-state index < -0.39 is 0 Å². The molecule has 0 aliphatic heterocycles. The second-order valence-corrected chi connectivity index (χ2v) is 1.64. The number of hydrogen-bond acceptors (Lipinski definition) is 3. The third-order valence-corrected chi connectivity index (χ3v) is 0.746. The van der Waals surface area contributed by atoms with E-state index in [1.807, 2.05) is 0 Å². The van der Waals surface area contributed by atoms with Gasteiger partial charge in [0.05, 0.1) is 6.26 Å². The van der Waals surface area contributed by atoms with Crippen LogP contribution in [-0.2, 0) is 13.4 Å². The van der Waals surface area contributed by atoms with Crippen LogP contribution in [-0.4, -0.2) is 12.6 Å². The molecule has 0 amide bonds. The fourth-order valence-corrected chi connectivity index (χ4v) is 0.394. The van der Waals surface area contributed by atoms with Gasteiger partial charge >= 0.3 is 5.97 Å². The normalized spacial score (nSPS) is 9.56. The summed E-state index contributed by atoms with van der Waals surface area (Å²) in [4.78, 5) is 10.1. The van der Waals surface area contributed by atoms with Crippen LogP contribution in [0.15, 0.2) is 12.3 Å². The molecule has 0 aromatic carbocycles. The van der Waals surface area contributed by atoms with Crippen LogP contribution in [0.3, 0.4) is 0 Å². The molecule has 0 fully saturated rings. The summed E-state index contributed by atoms with van der Waals surface area (Å²) >= 11 is 2.69. The molecule has 3 nitrogen and oxygen atoms in total. The van der Waals surface area contributed by atoms with Crippen molar-refractivity contribution < 1.29 is 13.4 Å². The number of hydrogen-bond donors (Lipinski definition) is 0. The summed E-state index contributed by atoms with van der Waals surface area (Å²) in [6.07, 6.45) is 2.94. The van der Waals surface area contributed by atoms with Gasteiger partial charge in [-0.1, -0.05) is 0 Å². The van der Waals surface area contributed by atoms with E-state index in [4.69, 9.17) is 0 Å². The molecule has 0 heterocycles. The number of esters is 1. The Morgan fingerprint density at radius 2 is 2.44 bits per heavy atom. The first-order chi connectivity index (χ1) is 4.27. The van der Waals surface area contributed by atoms with Crippen LogP contribution in [0, 0.1) is 0 Å². The number of halogens is 1. The van der Waals surface area contributed by atoms with Crippen molar-refractivity contribution in [1.82, 2.24) is 0 Å². The van der Waals surface area contributed by atoms with Crippen molar-refractivity contribution in [1.29, 1.82) is 0 Å². The van der Waals surface area contributed by atoms with Crippen LogP contribution in [0.25, 0.3) is 0 Å². The number of rotatable bonds is 3. The summed E-state index contributed by atoms with van der Waals surface area (Å²) in [5, 5.41) is 0. The maximum atomic E-state index is 10.1. The highest BCUT2D eigenvalue weighted by Crippen LogP contribution is 1.85. The van der Waals surface area contributed by atoms with Gasteiger partial charge < -0.3 is 8.57 Å². The second-order valence-electron chi connectivity index (χ2n) is 1.26. The molecule has 0 saturated carbocycles. The third kappa shape index (κ3) is 7.49. The Kier molecular flexibility index (Phi) is 5.30. The van der Waals surface area contributed by atoms with Gasteiger partial charge in [-0.2, -0.15) is 0 Å². The molecule has 0 atom stereocenters. The molecule has 0 radical (unpaired) electrons. The molecule has 52 valence electrons. The van der Waals surface area contributed by atoms with Crippen LogP contribution in [0.4, 0.5) is 0 Å². The molecule has 0 aromatic rings. The minimum atomic E-state index is -0.297. The Balaban J connectivity index is 3.09. The average molecular weight is 195 g/mol. The van der Waals surface area contributed by atoms with Crippen LogP contribution in [0.2, 0.25) is 0 Å². The van der Waals surface area contributed by atoms with E-state index in [1.165, 1.54) is 13.2 Å². The number of carbonyl (C=O) groups is 1. The average Bonchev–Trinajstić information content (AvgIpc) is 1.80. The standard InChI is InChI=1S/C5H7BrO3/c1-5(7)8-3-2-4-9-6/h2,4H,3H2,1H3. The fraction of sp³-hybridized carbons (Fsp3) is 0.400. The van der Waals surface area contributed by atoms with Crippen molar-refractivity contribution in [3.05, 3.63) is 12.3 Å². The fourth-order valence-electron chi connectivity index (χ4n) is 0.241. The molecule has 0 aliphatic rings. The highest BCUT2D eigenvalue weighted by atomic mass is 79.9. The first-order valence-electron chi connectivity index (χ1n) is 2.33.